The molecular weight excluding hydrogens is 444 g/mol. The second-order valence-corrected chi connectivity index (χ2v) is 8.87. The molecule has 2 aromatic heterocycles. The quantitative estimate of drug-likeness (QED) is 0.573. The molecule has 1 fully saturated rings. The van der Waals surface area contributed by atoms with Crippen LogP contribution in [0.5, 0.6) is 11.5 Å². The molecule has 4 N–H and O–H groups in total. The Morgan fingerprint density at radius 2 is 2.04 bits per heavy atom. The zero-order valence-electron chi connectivity index (χ0n) is 15.0. The van der Waals surface area contributed by atoms with Crippen molar-refractivity contribution in [2.75, 3.05) is 12.5 Å². The van der Waals surface area contributed by atoms with E-state index in [-0.39, 0.29) is 12.8 Å². The van der Waals surface area contributed by atoms with Crippen molar-refractivity contribution in [1.82, 2.24) is 19.5 Å². The highest BCUT2D eigenvalue weighted by Crippen LogP contribution is 2.43. The van der Waals surface area contributed by atoms with Crippen molar-refractivity contribution in [2.45, 2.75) is 41.9 Å². The number of hydrogen-bond donors (Lipinski definition) is 2. The highest BCUT2D eigenvalue weighted by Gasteiger charge is 2.29. The van der Waals surface area contributed by atoms with E-state index in [1.165, 1.54) is 30.9 Å². The lowest BCUT2D eigenvalue weighted by molar-refractivity contribution is 0.174. The van der Waals surface area contributed by atoms with Gasteiger partial charge in [-0.3, -0.25) is 0 Å². The van der Waals surface area contributed by atoms with Crippen LogP contribution >= 0.6 is 27.7 Å². The van der Waals surface area contributed by atoms with E-state index in [0.717, 1.165) is 44.6 Å². The molecule has 0 spiro atoms. The minimum absolute atomic E-state index is 0.201. The molecule has 8 nitrogen and oxygen atoms in total. The van der Waals surface area contributed by atoms with Gasteiger partial charge in [-0.15, -0.1) is 0 Å². The summed E-state index contributed by atoms with van der Waals surface area (Å²) < 4.78 is 13.9. The summed E-state index contributed by atoms with van der Waals surface area (Å²) in [6.45, 7) is 0.967. The van der Waals surface area contributed by atoms with Gasteiger partial charge in [-0.25, -0.2) is 15.0 Å². The maximum Gasteiger partial charge on any atom is 0.231 e. The summed E-state index contributed by atoms with van der Waals surface area (Å²) in [7, 11) is 0. The number of rotatable bonds is 6. The standard InChI is InChI=1S/C18H19BrN6O2S/c19-10-5-12-13(27-8-26-12)6-14(10)28-18-24-15-16(21)22-7-23-17(15)25(18)4-3-11(20)9-1-2-9/h5-7,9,11H,1-4,8,20H2,(H2,21,22,23). The van der Waals surface area contributed by atoms with Crippen LogP contribution in [-0.2, 0) is 6.54 Å². The van der Waals surface area contributed by atoms with Gasteiger partial charge in [0, 0.05) is 22.0 Å². The van der Waals surface area contributed by atoms with Gasteiger partial charge in [-0.2, -0.15) is 0 Å². The van der Waals surface area contributed by atoms with Crippen LogP contribution in [0.2, 0.25) is 0 Å². The van der Waals surface area contributed by atoms with Gasteiger partial charge >= 0.3 is 0 Å². The normalized spacial score (nSPS) is 16.6. The number of nitrogens with zero attached hydrogens (tertiary/aromatic N) is 4. The van der Waals surface area contributed by atoms with Gasteiger partial charge in [0.1, 0.15) is 6.33 Å². The van der Waals surface area contributed by atoms with E-state index in [4.69, 9.17) is 25.9 Å². The maximum absolute atomic E-state index is 6.32. The van der Waals surface area contributed by atoms with Crippen LogP contribution in [0.1, 0.15) is 19.3 Å². The van der Waals surface area contributed by atoms with Crippen molar-refractivity contribution >= 4 is 44.7 Å². The van der Waals surface area contributed by atoms with Crippen molar-refractivity contribution in [2.24, 2.45) is 11.7 Å². The zero-order chi connectivity index (χ0) is 19.3. The average molecular weight is 463 g/mol. The highest BCUT2D eigenvalue weighted by atomic mass is 79.9. The molecule has 0 amide bonds. The number of imidazole rings is 1. The zero-order valence-corrected chi connectivity index (χ0v) is 17.4. The molecule has 0 saturated heterocycles. The lowest BCUT2D eigenvalue weighted by atomic mass is 10.1. The van der Waals surface area contributed by atoms with Gasteiger partial charge in [0.15, 0.2) is 33.6 Å². The number of halogens is 1. The first-order valence-corrected chi connectivity index (χ1v) is 10.7. The SMILES string of the molecule is Nc1ncnc2c1nc(Sc1cc3c(cc1Br)OCO3)n2CCC(N)C1CC1. The van der Waals surface area contributed by atoms with Gasteiger partial charge in [-0.1, -0.05) is 11.8 Å². The van der Waals surface area contributed by atoms with E-state index in [1.807, 2.05) is 12.1 Å². The summed E-state index contributed by atoms with van der Waals surface area (Å²) in [5.41, 5.74) is 13.7. The average Bonchev–Trinajstić information content (AvgIpc) is 3.34. The van der Waals surface area contributed by atoms with E-state index in [9.17, 15) is 0 Å². The molecule has 2 aliphatic rings. The predicted molar refractivity (Wildman–Crippen MR) is 109 cm³/mol. The van der Waals surface area contributed by atoms with Crippen molar-refractivity contribution < 1.29 is 9.47 Å². The van der Waals surface area contributed by atoms with Crippen LogP contribution in [0, 0.1) is 5.92 Å². The topological polar surface area (TPSA) is 114 Å². The first-order valence-electron chi connectivity index (χ1n) is 9.09. The number of nitrogen functional groups attached to an aromatic ring is 1. The molecule has 1 aliphatic carbocycles. The molecular formula is C18H19BrN6O2S. The number of aromatic nitrogens is 4. The van der Waals surface area contributed by atoms with Crippen molar-refractivity contribution in [3.63, 3.8) is 0 Å². The summed E-state index contributed by atoms with van der Waals surface area (Å²) in [6.07, 6.45) is 4.80. The fraction of sp³-hybridized carbons (Fsp3) is 0.389. The Morgan fingerprint density at radius 3 is 2.82 bits per heavy atom. The van der Waals surface area contributed by atoms with Gasteiger partial charge < -0.3 is 25.5 Å². The van der Waals surface area contributed by atoms with Gasteiger partial charge in [0.2, 0.25) is 6.79 Å². The third-order valence-electron chi connectivity index (χ3n) is 5.07. The molecule has 146 valence electrons. The third-order valence-corrected chi connectivity index (χ3v) is 7.04. The minimum atomic E-state index is 0.201. The van der Waals surface area contributed by atoms with Gasteiger partial charge in [-0.05, 0) is 53.2 Å². The van der Waals surface area contributed by atoms with Crippen LogP contribution in [0.15, 0.2) is 33.0 Å². The molecule has 1 unspecified atom stereocenters. The predicted octanol–water partition coefficient (Wildman–Crippen LogP) is 3.18. The Hall–Kier alpha value is -2.04. The number of benzene rings is 1. The minimum Gasteiger partial charge on any atom is -0.454 e. The lowest BCUT2D eigenvalue weighted by Gasteiger charge is -2.13. The Labute approximate surface area is 174 Å². The fourth-order valence-corrected chi connectivity index (χ4v) is 4.84. The van der Waals surface area contributed by atoms with Gasteiger partial charge in [0.25, 0.3) is 0 Å². The molecule has 0 bridgehead atoms. The molecule has 1 atom stereocenters. The molecule has 1 aliphatic heterocycles. The number of aryl methyl sites for hydroxylation is 1. The van der Waals surface area contributed by atoms with E-state index < -0.39 is 0 Å². The van der Waals surface area contributed by atoms with Gasteiger partial charge in [0.05, 0.1) is 0 Å². The first-order chi connectivity index (χ1) is 13.6. The molecule has 3 aromatic rings. The summed E-state index contributed by atoms with van der Waals surface area (Å²) in [4.78, 5) is 14.2. The Bertz CT molecular complexity index is 1050. The van der Waals surface area contributed by atoms with Crippen LogP contribution in [0.25, 0.3) is 11.2 Å². The van der Waals surface area contributed by atoms with Crippen molar-refractivity contribution in [3.05, 3.63) is 22.9 Å². The smallest absolute Gasteiger partial charge is 0.231 e. The Kier molecular flexibility index (Phi) is 4.56. The van der Waals surface area contributed by atoms with E-state index in [2.05, 4.69) is 30.5 Å². The highest BCUT2D eigenvalue weighted by molar-refractivity contribution is 9.10. The third kappa shape index (κ3) is 3.29. The molecule has 1 saturated carbocycles. The molecule has 28 heavy (non-hydrogen) atoms. The lowest BCUT2D eigenvalue weighted by Crippen LogP contribution is -2.24. The number of nitrogens with two attached hydrogens (primary N) is 2. The second-order valence-electron chi connectivity index (χ2n) is 7.01. The number of hydrogen-bond acceptors (Lipinski definition) is 8. The Balaban J connectivity index is 1.51. The first kappa shape index (κ1) is 18.0. The largest absolute Gasteiger partial charge is 0.454 e. The number of anilines is 1. The van der Waals surface area contributed by atoms with Crippen LogP contribution < -0.4 is 20.9 Å². The van der Waals surface area contributed by atoms with Crippen LogP contribution in [0.3, 0.4) is 0 Å². The summed E-state index contributed by atoms with van der Waals surface area (Å²) in [6, 6.07) is 4.06. The summed E-state index contributed by atoms with van der Waals surface area (Å²) in [5, 5.41) is 0.796. The van der Waals surface area contributed by atoms with Crippen molar-refractivity contribution in [1.29, 1.82) is 0 Å². The van der Waals surface area contributed by atoms with E-state index in [1.54, 1.807) is 0 Å². The molecule has 3 heterocycles. The van der Waals surface area contributed by atoms with E-state index >= 15 is 0 Å². The second kappa shape index (κ2) is 7.09. The number of ether oxygens (including phenoxy) is 2. The molecule has 1 aromatic carbocycles. The molecule has 5 rings (SSSR count). The molecule has 0 radical (unpaired) electrons. The monoisotopic (exact) mass is 462 g/mol. The number of fused-ring (bicyclic) bond motifs is 2. The fourth-order valence-electron chi connectivity index (χ4n) is 3.33. The van der Waals surface area contributed by atoms with Crippen LogP contribution in [-0.4, -0.2) is 32.4 Å². The molecule has 10 heteroatoms. The summed E-state index contributed by atoms with van der Waals surface area (Å²) >= 11 is 5.14. The Morgan fingerprint density at radius 1 is 1.25 bits per heavy atom. The maximum atomic E-state index is 6.32. The van der Waals surface area contributed by atoms with E-state index in [0.29, 0.717) is 17.3 Å². The van der Waals surface area contributed by atoms with Crippen molar-refractivity contribution in [3.8, 4) is 11.5 Å². The summed E-state index contributed by atoms with van der Waals surface area (Å²) in [5.74, 6) is 2.48. The van der Waals surface area contributed by atoms with Crippen LogP contribution in [0.4, 0.5) is 5.82 Å².